The van der Waals surface area contributed by atoms with Gasteiger partial charge in [-0.05, 0) is 36.2 Å². The highest BCUT2D eigenvalue weighted by Crippen LogP contribution is 2.21. The molecule has 0 atom stereocenters. The van der Waals surface area contributed by atoms with E-state index >= 15 is 0 Å². The summed E-state index contributed by atoms with van der Waals surface area (Å²) in [5, 5.41) is 5.55. The Labute approximate surface area is 106 Å². The number of benzene rings is 1. The van der Waals surface area contributed by atoms with Gasteiger partial charge < -0.3 is 0 Å². The zero-order valence-electron chi connectivity index (χ0n) is 10.5. The third kappa shape index (κ3) is 1.78. The zero-order chi connectivity index (χ0) is 12.5. The van der Waals surface area contributed by atoms with E-state index in [9.17, 15) is 0 Å². The molecular weight excluding hydrogens is 222 g/mol. The second-order valence-corrected chi connectivity index (χ2v) is 4.70. The van der Waals surface area contributed by atoms with Crippen LogP contribution in [0.15, 0.2) is 48.8 Å². The molecule has 0 spiro atoms. The third-order valence-corrected chi connectivity index (χ3v) is 3.09. The van der Waals surface area contributed by atoms with Gasteiger partial charge in [-0.1, -0.05) is 19.9 Å². The second-order valence-electron chi connectivity index (χ2n) is 4.70. The van der Waals surface area contributed by atoms with Crippen molar-refractivity contribution >= 4 is 10.9 Å². The Kier molecular flexibility index (Phi) is 2.59. The normalized spacial score (nSPS) is 11.3. The minimum atomic E-state index is 0.456. The van der Waals surface area contributed by atoms with Crippen LogP contribution in [0.2, 0.25) is 0 Å². The van der Waals surface area contributed by atoms with E-state index in [0.717, 1.165) is 16.6 Å². The molecule has 3 rings (SSSR count). The molecule has 0 saturated carbocycles. The first-order chi connectivity index (χ1) is 8.75. The summed E-state index contributed by atoms with van der Waals surface area (Å²) in [6.07, 6.45) is 3.66. The van der Waals surface area contributed by atoms with E-state index in [2.05, 4.69) is 48.2 Å². The van der Waals surface area contributed by atoms with Gasteiger partial charge in [0, 0.05) is 23.5 Å². The molecule has 0 aliphatic rings. The molecule has 18 heavy (non-hydrogen) atoms. The molecule has 2 aromatic heterocycles. The van der Waals surface area contributed by atoms with Gasteiger partial charge in [-0.2, -0.15) is 5.10 Å². The minimum absolute atomic E-state index is 0.456. The van der Waals surface area contributed by atoms with Crippen LogP contribution in [-0.4, -0.2) is 14.8 Å². The number of pyridine rings is 1. The highest BCUT2D eigenvalue weighted by molar-refractivity contribution is 5.80. The maximum absolute atomic E-state index is 4.41. The van der Waals surface area contributed by atoms with E-state index < -0.39 is 0 Å². The number of hydrogen-bond acceptors (Lipinski definition) is 2. The van der Waals surface area contributed by atoms with Crippen molar-refractivity contribution in [2.24, 2.45) is 0 Å². The maximum atomic E-state index is 4.41. The molecule has 3 aromatic rings. The quantitative estimate of drug-likeness (QED) is 0.682. The monoisotopic (exact) mass is 237 g/mol. The summed E-state index contributed by atoms with van der Waals surface area (Å²) in [4.78, 5) is 4.33. The lowest BCUT2D eigenvalue weighted by Crippen LogP contribution is -2.03. The first kappa shape index (κ1) is 11.0. The van der Waals surface area contributed by atoms with Gasteiger partial charge in [0.05, 0.1) is 11.2 Å². The number of hydrogen-bond donors (Lipinski definition) is 0. The highest BCUT2D eigenvalue weighted by atomic mass is 15.3. The molecule has 0 aliphatic carbocycles. The highest BCUT2D eigenvalue weighted by Gasteiger charge is 2.08. The molecule has 0 N–H and O–H groups in total. The summed E-state index contributed by atoms with van der Waals surface area (Å²) in [6, 6.07) is 12.3. The average molecular weight is 237 g/mol. The summed E-state index contributed by atoms with van der Waals surface area (Å²) in [5.41, 5.74) is 3.32. The number of nitrogens with zero attached hydrogens (tertiary/aromatic N) is 3. The van der Waals surface area contributed by atoms with Gasteiger partial charge in [-0.25, -0.2) is 4.68 Å². The number of aromatic nitrogens is 3. The standard InChI is InChI=1S/C15H15N3/c1-11(2)15-7-9-17-18(15)13-5-6-14-12(10-13)4-3-8-16-14/h3-11H,1-2H3. The fraction of sp³-hybridized carbons (Fsp3) is 0.200. The first-order valence-corrected chi connectivity index (χ1v) is 6.15. The fourth-order valence-electron chi connectivity index (χ4n) is 2.16. The Balaban J connectivity index is 2.16. The predicted octanol–water partition coefficient (Wildman–Crippen LogP) is 3.54. The number of fused-ring (bicyclic) bond motifs is 1. The molecule has 0 unspecified atom stereocenters. The predicted molar refractivity (Wildman–Crippen MR) is 73.0 cm³/mol. The molecule has 0 amide bonds. The Bertz CT molecular complexity index is 683. The van der Waals surface area contributed by atoms with Crippen molar-refractivity contribution in [1.82, 2.24) is 14.8 Å². The summed E-state index contributed by atoms with van der Waals surface area (Å²) in [6.45, 7) is 4.35. The average Bonchev–Trinajstić information content (AvgIpc) is 2.87. The van der Waals surface area contributed by atoms with Crippen molar-refractivity contribution in [3.63, 3.8) is 0 Å². The van der Waals surface area contributed by atoms with Crippen LogP contribution in [0.3, 0.4) is 0 Å². The van der Waals surface area contributed by atoms with Gasteiger partial charge >= 0.3 is 0 Å². The molecule has 90 valence electrons. The summed E-state index contributed by atoms with van der Waals surface area (Å²) in [7, 11) is 0. The molecule has 3 nitrogen and oxygen atoms in total. The largest absolute Gasteiger partial charge is 0.256 e. The van der Waals surface area contributed by atoms with Crippen LogP contribution in [0, 0.1) is 0 Å². The maximum Gasteiger partial charge on any atom is 0.0703 e. The van der Waals surface area contributed by atoms with Crippen molar-refractivity contribution in [1.29, 1.82) is 0 Å². The Morgan fingerprint density at radius 2 is 1.94 bits per heavy atom. The van der Waals surface area contributed by atoms with E-state index in [1.54, 1.807) is 0 Å². The van der Waals surface area contributed by atoms with Crippen LogP contribution < -0.4 is 0 Å². The summed E-state index contributed by atoms with van der Waals surface area (Å²) in [5.74, 6) is 0.456. The van der Waals surface area contributed by atoms with Crippen molar-refractivity contribution in [2.45, 2.75) is 19.8 Å². The van der Waals surface area contributed by atoms with Gasteiger partial charge in [0.2, 0.25) is 0 Å². The summed E-state index contributed by atoms with van der Waals surface area (Å²) < 4.78 is 2.00. The van der Waals surface area contributed by atoms with Gasteiger partial charge in [0.1, 0.15) is 0 Å². The van der Waals surface area contributed by atoms with E-state index in [1.807, 2.05) is 29.2 Å². The van der Waals surface area contributed by atoms with E-state index in [4.69, 9.17) is 0 Å². The molecular formula is C15H15N3. The van der Waals surface area contributed by atoms with Gasteiger partial charge in [0.25, 0.3) is 0 Å². The van der Waals surface area contributed by atoms with E-state index in [1.165, 1.54) is 5.69 Å². The first-order valence-electron chi connectivity index (χ1n) is 6.15. The molecule has 0 radical (unpaired) electrons. The van der Waals surface area contributed by atoms with Crippen LogP contribution in [0.5, 0.6) is 0 Å². The Hall–Kier alpha value is -2.16. The molecule has 0 bridgehead atoms. The van der Waals surface area contributed by atoms with Crippen LogP contribution in [-0.2, 0) is 0 Å². The second kappa shape index (κ2) is 4.26. The zero-order valence-corrected chi connectivity index (χ0v) is 10.5. The van der Waals surface area contributed by atoms with Gasteiger partial charge in [0.15, 0.2) is 0 Å². The smallest absolute Gasteiger partial charge is 0.0703 e. The van der Waals surface area contributed by atoms with E-state index in [-0.39, 0.29) is 0 Å². The fourth-order valence-corrected chi connectivity index (χ4v) is 2.16. The van der Waals surface area contributed by atoms with Gasteiger partial charge in [-0.3, -0.25) is 4.98 Å². The molecule has 2 heterocycles. The lowest BCUT2D eigenvalue weighted by atomic mass is 10.1. The molecule has 0 aliphatic heterocycles. The van der Waals surface area contributed by atoms with Crippen molar-refractivity contribution < 1.29 is 0 Å². The van der Waals surface area contributed by atoms with Crippen LogP contribution >= 0.6 is 0 Å². The van der Waals surface area contributed by atoms with Crippen molar-refractivity contribution in [3.8, 4) is 5.69 Å². The van der Waals surface area contributed by atoms with Crippen LogP contribution in [0.25, 0.3) is 16.6 Å². The van der Waals surface area contributed by atoms with Crippen LogP contribution in [0.1, 0.15) is 25.5 Å². The SMILES string of the molecule is CC(C)c1ccnn1-c1ccc2ncccc2c1. The Morgan fingerprint density at radius 1 is 1.06 bits per heavy atom. The molecule has 1 aromatic carbocycles. The van der Waals surface area contributed by atoms with Crippen LogP contribution in [0.4, 0.5) is 0 Å². The number of rotatable bonds is 2. The topological polar surface area (TPSA) is 30.7 Å². The molecule has 0 fully saturated rings. The summed E-state index contributed by atoms with van der Waals surface area (Å²) >= 11 is 0. The molecule has 3 heteroatoms. The van der Waals surface area contributed by atoms with Gasteiger partial charge in [-0.15, -0.1) is 0 Å². The lowest BCUT2D eigenvalue weighted by molar-refractivity contribution is 0.735. The van der Waals surface area contributed by atoms with Crippen molar-refractivity contribution in [2.75, 3.05) is 0 Å². The van der Waals surface area contributed by atoms with Crippen molar-refractivity contribution in [3.05, 3.63) is 54.5 Å². The minimum Gasteiger partial charge on any atom is -0.256 e. The lowest BCUT2D eigenvalue weighted by Gasteiger charge is -2.10. The third-order valence-electron chi connectivity index (χ3n) is 3.09. The molecule has 0 saturated heterocycles. The van der Waals surface area contributed by atoms with E-state index in [0.29, 0.717) is 5.92 Å². The Morgan fingerprint density at radius 3 is 2.78 bits per heavy atom.